The van der Waals surface area contributed by atoms with Gasteiger partial charge in [-0.25, -0.2) is 4.79 Å². The second-order valence-electron chi connectivity index (χ2n) is 8.13. The lowest BCUT2D eigenvalue weighted by Gasteiger charge is -2.29. The van der Waals surface area contributed by atoms with E-state index in [1.54, 1.807) is 13.8 Å². The molecule has 12 heteroatoms. The number of hydrogen-bond acceptors (Lipinski definition) is 7. The third-order valence-electron chi connectivity index (χ3n) is 5.54. The lowest BCUT2D eigenvalue weighted by atomic mass is 9.95. The summed E-state index contributed by atoms with van der Waals surface area (Å²) in [5.41, 5.74) is 5.59. The van der Waals surface area contributed by atoms with Gasteiger partial charge in [-0.2, -0.15) is 11.8 Å². The van der Waals surface area contributed by atoms with Crippen LogP contribution in [0.5, 0.6) is 0 Å². The van der Waals surface area contributed by atoms with Crippen LogP contribution in [0.25, 0.3) is 0 Å². The minimum Gasteiger partial charge on any atom is -0.481 e. The predicted molar refractivity (Wildman–Crippen MR) is 126 cm³/mol. The second-order valence-corrected chi connectivity index (χ2v) is 9.11. The molecule has 0 fully saturated rings. The Morgan fingerprint density at radius 1 is 0.848 bits per heavy atom. The molecule has 0 rings (SSSR count). The van der Waals surface area contributed by atoms with Crippen molar-refractivity contribution in [1.82, 2.24) is 16.0 Å². The molecule has 3 amide bonds. The fraction of sp³-hybridized carbons (Fsp3) is 0.762. The van der Waals surface area contributed by atoms with Gasteiger partial charge in [0.2, 0.25) is 17.7 Å². The van der Waals surface area contributed by atoms with Crippen LogP contribution in [0.1, 0.15) is 53.4 Å². The quantitative estimate of drug-likeness (QED) is 0.175. The van der Waals surface area contributed by atoms with Gasteiger partial charge in [-0.05, 0) is 30.3 Å². The summed E-state index contributed by atoms with van der Waals surface area (Å²) in [5, 5.41) is 25.9. The minimum atomic E-state index is -1.33. The topological polar surface area (TPSA) is 188 Å². The van der Waals surface area contributed by atoms with Crippen LogP contribution in [0.15, 0.2) is 0 Å². The summed E-state index contributed by atoms with van der Waals surface area (Å²) in [7, 11) is 0. The zero-order valence-electron chi connectivity index (χ0n) is 19.9. The Labute approximate surface area is 199 Å². The van der Waals surface area contributed by atoms with Crippen LogP contribution < -0.4 is 21.7 Å². The predicted octanol–water partition coefficient (Wildman–Crippen LogP) is 0.173. The van der Waals surface area contributed by atoms with Crippen molar-refractivity contribution in [2.75, 3.05) is 12.0 Å². The normalized spacial score (nSPS) is 16.4. The third-order valence-corrected chi connectivity index (χ3v) is 6.19. The van der Waals surface area contributed by atoms with Crippen molar-refractivity contribution in [3.05, 3.63) is 0 Å². The highest BCUT2D eigenvalue weighted by molar-refractivity contribution is 7.98. The number of nitrogens with one attached hydrogen (secondary N) is 3. The summed E-state index contributed by atoms with van der Waals surface area (Å²) < 4.78 is 0. The summed E-state index contributed by atoms with van der Waals surface area (Å²) >= 11 is 1.45. The Bertz CT molecular complexity index is 692. The molecule has 7 N–H and O–H groups in total. The number of carbonyl (C=O) groups excluding carboxylic acids is 3. The van der Waals surface area contributed by atoms with E-state index in [9.17, 15) is 29.1 Å². The first-order valence-electron chi connectivity index (χ1n) is 11.0. The SMILES string of the molecule is CCC(C)C(NC(=O)C(NC(=O)C(CCSC)NC(=O)C(N)CC(=O)O)C(C)CC)C(=O)O. The second kappa shape index (κ2) is 15.5. The molecule has 0 bridgehead atoms. The number of thioether (sulfide) groups is 1. The van der Waals surface area contributed by atoms with Crippen LogP contribution in [0.4, 0.5) is 0 Å². The number of carboxylic acids is 2. The summed E-state index contributed by atoms with van der Waals surface area (Å²) in [5.74, 6) is -4.56. The van der Waals surface area contributed by atoms with E-state index in [0.717, 1.165) is 0 Å². The van der Waals surface area contributed by atoms with Crippen molar-refractivity contribution < 1.29 is 34.2 Å². The molecule has 0 aliphatic heterocycles. The Kier molecular flexibility index (Phi) is 14.4. The zero-order chi connectivity index (χ0) is 25.7. The van der Waals surface area contributed by atoms with Crippen LogP contribution in [-0.2, 0) is 24.0 Å². The maximum absolute atomic E-state index is 13.0. The van der Waals surface area contributed by atoms with Crippen molar-refractivity contribution in [3.8, 4) is 0 Å². The highest BCUT2D eigenvalue weighted by Gasteiger charge is 2.34. The average molecular weight is 491 g/mol. The number of hydrogen-bond donors (Lipinski definition) is 6. The lowest BCUT2D eigenvalue weighted by molar-refractivity contribution is -0.144. The summed E-state index contributed by atoms with van der Waals surface area (Å²) in [6.45, 7) is 7.11. The highest BCUT2D eigenvalue weighted by Crippen LogP contribution is 2.13. The van der Waals surface area contributed by atoms with E-state index in [-0.39, 0.29) is 18.3 Å². The van der Waals surface area contributed by atoms with Gasteiger partial charge < -0.3 is 31.9 Å². The maximum Gasteiger partial charge on any atom is 0.326 e. The highest BCUT2D eigenvalue weighted by atomic mass is 32.2. The first kappa shape index (κ1) is 30.7. The molecule has 0 aliphatic rings. The number of aliphatic carboxylic acids is 2. The number of amides is 3. The number of rotatable bonds is 16. The molecule has 0 saturated heterocycles. The molecule has 33 heavy (non-hydrogen) atoms. The molecule has 6 atom stereocenters. The third kappa shape index (κ3) is 10.9. The van der Waals surface area contributed by atoms with Gasteiger partial charge in [0.1, 0.15) is 18.1 Å². The van der Waals surface area contributed by atoms with Gasteiger partial charge in [0.15, 0.2) is 0 Å². The van der Waals surface area contributed by atoms with Crippen molar-refractivity contribution in [1.29, 1.82) is 0 Å². The van der Waals surface area contributed by atoms with Crippen LogP contribution in [0, 0.1) is 11.8 Å². The van der Waals surface area contributed by atoms with Crippen molar-refractivity contribution in [2.24, 2.45) is 17.6 Å². The van der Waals surface area contributed by atoms with Gasteiger partial charge in [0.25, 0.3) is 0 Å². The Hall–Kier alpha value is -2.34. The fourth-order valence-electron chi connectivity index (χ4n) is 2.95. The number of nitrogens with two attached hydrogens (primary N) is 1. The average Bonchev–Trinajstić information content (AvgIpc) is 2.76. The van der Waals surface area contributed by atoms with Crippen molar-refractivity contribution in [3.63, 3.8) is 0 Å². The van der Waals surface area contributed by atoms with E-state index in [1.807, 2.05) is 20.1 Å². The molecule has 0 aromatic carbocycles. The van der Waals surface area contributed by atoms with Gasteiger partial charge in [0, 0.05) is 0 Å². The molecule has 0 aromatic heterocycles. The van der Waals surface area contributed by atoms with Gasteiger partial charge in [-0.15, -0.1) is 0 Å². The molecule has 0 aliphatic carbocycles. The van der Waals surface area contributed by atoms with Gasteiger partial charge >= 0.3 is 11.9 Å². The van der Waals surface area contributed by atoms with E-state index in [1.165, 1.54) is 11.8 Å². The van der Waals surface area contributed by atoms with Crippen molar-refractivity contribution >= 4 is 41.4 Å². The molecule has 0 radical (unpaired) electrons. The minimum absolute atomic E-state index is 0.234. The lowest BCUT2D eigenvalue weighted by Crippen LogP contribution is -2.59. The Morgan fingerprint density at radius 3 is 1.82 bits per heavy atom. The molecular formula is C21H38N4O7S. The summed E-state index contributed by atoms with van der Waals surface area (Å²) in [6, 6.07) is -4.48. The molecule has 190 valence electrons. The van der Waals surface area contributed by atoms with Gasteiger partial charge in [-0.1, -0.05) is 40.5 Å². The largest absolute Gasteiger partial charge is 0.481 e. The van der Waals surface area contributed by atoms with E-state index in [4.69, 9.17) is 10.8 Å². The fourth-order valence-corrected chi connectivity index (χ4v) is 3.42. The Balaban J connectivity index is 5.57. The van der Waals surface area contributed by atoms with Crippen LogP contribution in [0.3, 0.4) is 0 Å². The van der Waals surface area contributed by atoms with Crippen LogP contribution in [0.2, 0.25) is 0 Å². The van der Waals surface area contributed by atoms with E-state index in [0.29, 0.717) is 18.6 Å². The maximum atomic E-state index is 13.0. The van der Waals surface area contributed by atoms with Crippen molar-refractivity contribution in [2.45, 2.75) is 77.5 Å². The number of carboxylic acid groups (broad SMARTS) is 2. The summed E-state index contributed by atoms with van der Waals surface area (Å²) in [6.07, 6.45) is 2.54. The molecule has 6 unspecified atom stereocenters. The Morgan fingerprint density at radius 2 is 1.36 bits per heavy atom. The van der Waals surface area contributed by atoms with Gasteiger partial charge in [-0.3, -0.25) is 19.2 Å². The molecule has 0 aromatic rings. The number of carbonyl (C=O) groups is 5. The molecule has 11 nitrogen and oxygen atoms in total. The van der Waals surface area contributed by atoms with E-state index in [2.05, 4.69) is 16.0 Å². The van der Waals surface area contributed by atoms with E-state index < -0.39 is 60.2 Å². The molecule has 0 heterocycles. The van der Waals surface area contributed by atoms with Gasteiger partial charge in [0.05, 0.1) is 12.5 Å². The zero-order valence-corrected chi connectivity index (χ0v) is 20.7. The molecule has 0 saturated carbocycles. The van der Waals surface area contributed by atoms with E-state index >= 15 is 0 Å². The first-order valence-corrected chi connectivity index (χ1v) is 12.4. The first-order chi connectivity index (χ1) is 15.4. The molecule has 0 spiro atoms. The van der Waals surface area contributed by atoms with Crippen LogP contribution >= 0.6 is 11.8 Å². The standard InChI is InChI=1S/C21H38N4O7S/c1-6-11(3)16(20(30)25-17(21(31)32)12(4)7-2)24-19(29)14(8-9-33-5)23-18(28)13(22)10-15(26)27/h11-14,16-17H,6-10,22H2,1-5H3,(H,23,28)(H,24,29)(H,25,30)(H,26,27)(H,31,32). The van der Waals surface area contributed by atoms with Crippen LogP contribution in [-0.4, -0.2) is 76.0 Å². The monoisotopic (exact) mass is 490 g/mol. The smallest absolute Gasteiger partial charge is 0.326 e. The summed E-state index contributed by atoms with van der Waals surface area (Å²) in [4.78, 5) is 60.6. The molecular weight excluding hydrogens is 452 g/mol.